The molecule has 3 aromatic rings. The molecule has 1 amide bonds. The quantitative estimate of drug-likeness (QED) is 0.287. The fourth-order valence-corrected chi connectivity index (χ4v) is 4.63. The van der Waals surface area contributed by atoms with E-state index >= 15 is 0 Å². The summed E-state index contributed by atoms with van der Waals surface area (Å²) >= 11 is -1.37. The normalized spacial score (nSPS) is 11.5. The Morgan fingerprint density at radius 1 is 1.12 bits per heavy atom. The van der Waals surface area contributed by atoms with Crippen molar-refractivity contribution in [3.05, 3.63) is 59.8 Å². The Morgan fingerprint density at radius 3 is 2.42 bits per heavy atom. The molecule has 0 bridgehead atoms. The number of para-hydroxylation sites is 2. The number of nitrogens with one attached hydrogen (secondary N) is 1. The topological polar surface area (TPSA) is 138 Å². The third-order valence-corrected chi connectivity index (χ3v) is 6.06. The van der Waals surface area contributed by atoms with E-state index in [0.717, 1.165) is 11.3 Å². The van der Waals surface area contributed by atoms with Crippen molar-refractivity contribution in [3.63, 3.8) is 0 Å². The number of benzene rings is 2. The molecule has 0 saturated heterocycles. The van der Waals surface area contributed by atoms with Crippen LogP contribution in [0.1, 0.15) is 23.0 Å². The summed E-state index contributed by atoms with van der Waals surface area (Å²) in [7, 11) is 0. The minimum atomic E-state index is -2.44. The van der Waals surface area contributed by atoms with Gasteiger partial charge in [0.2, 0.25) is 5.91 Å². The number of carboxylic acids is 1. The van der Waals surface area contributed by atoms with E-state index in [-0.39, 0.29) is 24.7 Å². The van der Waals surface area contributed by atoms with Gasteiger partial charge in [0.1, 0.15) is 29.7 Å². The van der Waals surface area contributed by atoms with E-state index in [2.05, 4.69) is 10.3 Å². The molecule has 3 rings (SSSR count). The van der Waals surface area contributed by atoms with Gasteiger partial charge >= 0.3 is 5.97 Å². The predicted molar refractivity (Wildman–Crippen MR) is 125 cm³/mol. The van der Waals surface area contributed by atoms with Gasteiger partial charge in [-0.15, -0.1) is 0 Å². The van der Waals surface area contributed by atoms with Crippen LogP contribution in [-0.4, -0.2) is 43.9 Å². The average Bonchev–Trinajstić information content (AvgIpc) is 3.11. The van der Waals surface area contributed by atoms with Crippen LogP contribution in [0.15, 0.2) is 48.5 Å². The number of hydrogen-bond acceptors (Lipinski definition) is 7. The number of aromatic nitrogens is 1. The number of ether oxygens (including phenoxy) is 2. The third-order valence-electron chi connectivity index (χ3n) is 4.19. The molecule has 3 N–H and O–H groups in total. The summed E-state index contributed by atoms with van der Waals surface area (Å²) < 4.78 is 34.8. The molecule has 0 radical (unpaired) electrons. The first kappa shape index (κ1) is 24.2. The van der Waals surface area contributed by atoms with E-state index in [1.807, 2.05) is 0 Å². The van der Waals surface area contributed by atoms with E-state index in [1.165, 1.54) is 23.4 Å². The number of aromatic carboxylic acids is 1. The summed E-state index contributed by atoms with van der Waals surface area (Å²) in [6, 6.07) is 12.7. The largest absolute Gasteiger partial charge is 0.490 e. The lowest BCUT2D eigenvalue weighted by Crippen LogP contribution is -2.20. The van der Waals surface area contributed by atoms with Gasteiger partial charge in [-0.05, 0) is 43.3 Å². The molecule has 33 heavy (non-hydrogen) atoms. The van der Waals surface area contributed by atoms with Crippen molar-refractivity contribution in [2.45, 2.75) is 13.8 Å². The molecule has 0 aliphatic heterocycles. The lowest BCUT2D eigenvalue weighted by atomic mass is 10.2. The van der Waals surface area contributed by atoms with E-state index in [9.17, 15) is 18.4 Å². The third kappa shape index (κ3) is 6.28. The number of thiazole rings is 1. The van der Waals surface area contributed by atoms with E-state index in [0.29, 0.717) is 33.0 Å². The molecule has 0 aliphatic rings. The molecule has 1 heterocycles. The van der Waals surface area contributed by atoms with Gasteiger partial charge in [-0.25, -0.2) is 18.3 Å². The Hall–Kier alpha value is -3.48. The second-order valence-corrected chi connectivity index (χ2v) is 8.41. The number of carbonyl (C=O) groups excluding carboxylic acids is 1. The number of hydrogen-bond donors (Lipinski definition) is 3. The van der Waals surface area contributed by atoms with Crippen LogP contribution >= 0.6 is 11.3 Å². The molecule has 1 atom stereocenters. The molecule has 10 nitrogen and oxygen atoms in total. The summed E-state index contributed by atoms with van der Waals surface area (Å²) in [4.78, 5) is 26.5. The maximum Gasteiger partial charge on any atom is 0.335 e. The van der Waals surface area contributed by atoms with Crippen molar-refractivity contribution in [2.75, 3.05) is 22.8 Å². The Bertz CT molecular complexity index is 1160. The number of anilines is 3. The van der Waals surface area contributed by atoms with Gasteiger partial charge in [-0.2, -0.15) is 0 Å². The number of rotatable bonds is 10. The zero-order valence-electron chi connectivity index (χ0n) is 17.7. The second kappa shape index (κ2) is 10.9. The van der Waals surface area contributed by atoms with E-state index < -0.39 is 17.2 Å². The Kier molecular flexibility index (Phi) is 7.98. The standard InChI is InChI=1S/C21H21N3O7S2/c1-13-19(32-21(22-13)23-14(2)25)24(33(28)29)17-5-3-4-6-18(17)31-12-11-30-16-9-7-15(8-10-16)20(26)27/h3-10H,11-12H2,1-2H3,(H,26,27)(H,28,29)(H,22,23,25). The zero-order valence-corrected chi connectivity index (χ0v) is 19.3. The molecule has 1 unspecified atom stereocenters. The molecular weight excluding hydrogens is 470 g/mol. The van der Waals surface area contributed by atoms with Gasteiger partial charge in [-0.1, -0.05) is 23.5 Å². The SMILES string of the molecule is CC(=O)Nc1nc(C)c(N(c2ccccc2OCCOc2ccc(C(=O)O)cc2)S(=O)O)s1. The van der Waals surface area contributed by atoms with Gasteiger partial charge in [0.25, 0.3) is 11.3 Å². The van der Waals surface area contributed by atoms with E-state index in [1.54, 1.807) is 43.3 Å². The van der Waals surface area contributed by atoms with Gasteiger partial charge in [0.05, 0.1) is 16.9 Å². The lowest BCUT2D eigenvalue weighted by Gasteiger charge is -2.21. The maximum absolute atomic E-state index is 12.2. The highest BCUT2D eigenvalue weighted by molar-refractivity contribution is 7.81. The summed E-state index contributed by atoms with van der Waals surface area (Å²) in [6.45, 7) is 3.31. The fraction of sp³-hybridized carbons (Fsp3) is 0.190. The lowest BCUT2D eigenvalue weighted by molar-refractivity contribution is -0.114. The summed E-state index contributed by atoms with van der Waals surface area (Å²) in [5, 5.41) is 12.2. The molecule has 12 heteroatoms. The first-order valence-electron chi connectivity index (χ1n) is 9.60. The summed E-state index contributed by atoms with van der Waals surface area (Å²) in [6.07, 6.45) is 0. The van der Waals surface area contributed by atoms with Crippen LogP contribution in [0, 0.1) is 6.92 Å². The van der Waals surface area contributed by atoms with Crippen molar-refractivity contribution in [1.29, 1.82) is 0 Å². The van der Waals surface area contributed by atoms with Gasteiger partial charge in [-0.3, -0.25) is 9.35 Å². The van der Waals surface area contributed by atoms with Crippen molar-refractivity contribution < 1.29 is 32.9 Å². The number of aryl methyl sites for hydroxylation is 1. The summed E-state index contributed by atoms with van der Waals surface area (Å²) in [5.74, 6) is -0.486. The molecule has 0 fully saturated rings. The molecule has 174 valence electrons. The predicted octanol–water partition coefficient (Wildman–Crippen LogP) is 3.84. The van der Waals surface area contributed by atoms with Crippen LogP contribution in [0.4, 0.5) is 15.8 Å². The smallest absolute Gasteiger partial charge is 0.335 e. The molecule has 0 aliphatic carbocycles. The van der Waals surface area contributed by atoms with Crippen molar-refractivity contribution >= 4 is 50.3 Å². The Morgan fingerprint density at radius 2 is 1.79 bits per heavy atom. The van der Waals surface area contributed by atoms with Crippen molar-refractivity contribution in [1.82, 2.24) is 4.98 Å². The van der Waals surface area contributed by atoms with Crippen molar-refractivity contribution in [3.8, 4) is 11.5 Å². The van der Waals surface area contributed by atoms with Crippen LogP contribution in [0.5, 0.6) is 11.5 Å². The summed E-state index contributed by atoms with van der Waals surface area (Å²) in [5.41, 5.74) is 0.962. The van der Waals surface area contributed by atoms with Crippen LogP contribution in [0.3, 0.4) is 0 Å². The highest BCUT2D eigenvalue weighted by Gasteiger charge is 2.24. The minimum Gasteiger partial charge on any atom is -0.490 e. The molecule has 0 saturated carbocycles. The fourth-order valence-electron chi connectivity index (χ4n) is 2.80. The minimum absolute atomic E-state index is 0.127. The first-order valence-corrected chi connectivity index (χ1v) is 11.5. The van der Waals surface area contributed by atoms with Crippen molar-refractivity contribution in [2.24, 2.45) is 0 Å². The monoisotopic (exact) mass is 491 g/mol. The number of carbonyl (C=O) groups is 2. The van der Waals surface area contributed by atoms with Gasteiger partial charge < -0.3 is 19.9 Å². The molecule has 2 aromatic carbocycles. The highest BCUT2D eigenvalue weighted by atomic mass is 32.2. The zero-order chi connectivity index (χ0) is 24.0. The Balaban J connectivity index is 1.72. The highest BCUT2D eigenvalue weighted by Crippen LogP contribution is 2.40. The molecule has 1 aromatic heterocycles. The van der Waals surface area contributed by atoms with Crippen LogP contribution in [0.25, 0.3) is 0 Å². The number of amides is 1. The number of carboxylic acid groups (broad SMARTS) is 1. The van der Waals surface area contributed by atoms with Crippen LogP contribution in [0.2, 0.25) is 0 Å². The van der Waals surface area contributed by atoms with E-state index in [4.69, 9.17) is 14.6 Å². The van der Waals surface area contributed by atoms with Crippen LogP contribution in [-0.2, 0) is 16.1 Å². The van der Waals surface area contributed by atoms with Gasteiger partial charge in [0, 0.05) is 6.92 Å². The molecule has 0 spiro atoms. The molecular formula is C21H21N3O7S2. The first-order chi connectivity index (χ1) is 15.8. The average molecular weight is 492 g/mol. The Labute approximate surface area is 196 Å². The maximum atomic E-state index is 12.2. The van der Waals surface area contributed by atoms with Gasteiger partial charge in [0.15, 0.2) is 5.13 Å². The van der Waals surface area contributed by atoms with Crippen LogP contribution < -0.4 is 19.1 Å². The second-order valence-electron chi connectivity index (χ2n) is 6.61. The number of nitrogens with zero attached hydrogens (tertiary/aromatic N) is 2.